The van der Waals surface area contributed by atoms with Gasteiger partial charge in [0.2, 0.25) is 0 Å². The summed E-state index contributed by atoms with van der Waals surface area (Å²) in [5.41, 5.74) is 3.62. The molecule has 0 aliphatic carbocycles. The molecule has 0 aromatic heterocycles. The third kappa shape index (κ3) is 5.51. The van der Waals surface area contributed by atoms with E-state index in [1.807, 2.05) is 13.0 Å². The van der Waals surface area contributed by atoms with E-state index in [1.165, 1.54) is 11.6 Å². The molecule has 6 nitrogen and oxygen atoms in total. The van der Waals surface area contributed by atoms with Crippen molar-refractivity contribution in [3.63, 3.8) is 0 Å². The number of phenolic OH excluding ortho intramolecular Hbond substituents is 2. The lowest BCUT2D eigenvalue weighted by molar-refractivity contribution is 0.0844. The fraction of sp³-hybridized carbons (Fsp3) is 0.370. The average Bonchev–Trinajstić information content (AvgIpc) is 2.77. The summed E-state index contributed by atoms with van der Waals surface area (Å²) in [5.74, 6) is 0.736. The molecule has 3 rings (SSSR count). The first-order valence-electron chi connectivity index (χ1n) is 11.0. The number of Topliss-reactive ketones (excluding diaryl/α,β-unsaturated/α-hetero) is 1. The highest BCUT2D eigenvalue weighted by atomic mass is 16.5. The summed E-state index contributed by atoms with van der Waals surface area (Å²) in [7, 11) is 3.09. The van der Waals surface area contributed by atoms with Crippen LogP contribution in [0, 0.1) is 0 Å². The van der Waals surface area contributed by atoms with E-state index >= 15 is 0 Å². The summed E-state index contributed by atoms with van der Waals surface area (Å²) in [6.45, 7) is 6.15. The van der Waals surface area contributed by atoms with Gasteiger partial charge in [0.1, 0.15) is 28.9 Å². The number of carbonyl (C=O) groups is 1. The van der Waals surface area contributed by atoms with Crippen molar-refractivity contribution in [3.05, 3.63) is 64.3 Å². The van der Waals surface area contributed by atoms with Gasteiger partial charge < -0.3 is 24.4 Å². The number of methoxy groups -OCH3 is 2. The predicted molar refractivity (Wildman–Crippen MR) is 128 cm³/mol. The summed E-state index contributed by atoms with van der Waals surface area (Å²) in [6.07, 6.45) is 5.82. The van der Waals surface area contributed by atoms with Crippen molar-refractivity contribution in [2.24, 2.45) is 0 Å². The fourth-order valence-corrected chi connectivity index (χ4v) is 3.91. The van der Waals surface area contributed by atoms with Crippen LogP contribution >= 0.6 is 0 Å². The Kier molecular flexibility index (Phi) is 7.69. The number of aromatic hydroxyl groups is 2. The highest BCUT2D eigenvalue weighted by Crippen LogP contribution is 2.45. The molecule has 2 N–H and O–H groups in total. The Morgan fingerprint density at radius 1 is 1.09 bits per heavy atom. The van der Waals surface area contributed by atoms with Gasteiger partial charge >= 0.3 is 0 Å². The van der Waals surface area contributed by atoms with Gasteiger partial charge in [0.05, 0.1) is 20.6 Å². The van der Waals surface area contributed by atoms with Crippen molar-refractivity contribution in [1.82, 2.24) is 0 Å². The minimum Gasteiger partial charge on any atom is -0.507 e. The third-order valence-corrected chi connectivity index (χ3v) is 5.79. The number of hydrogen-bond acceptors (Lipinski definition) is 6. The van der Waals surface area contributed by atoms with Crippen molar-refractivity contribution in [3.8, 4) is 28.7 Å². The fourth-order valence-electron chi connectivity index (χ4n) is 3.91. The Hall–Kier alpha value is -3.41. The maximum Gasteiger partial charge on any atom is 0.174 e. The number of ketones is 1. The summed E-state index contributed by atoms with van der Waals surface area (Å²) in [4.78, 5) is 13.0. The molecule has 0 unspecified atom stereocenters. The first-order valence-corrected chi connectivity index (χ1v) is 11.0. The standard InChI is InChI=1S/C27H32O6/c1-16(2)7-6-8-17(3)9-11-19-20(28)14-25-26(27(19)30)21(29)15-23(33-25)18-10-12-22(31-4)24(13-18)32-5/h7,9-10,12-14,23,28,30H,6,8,11,15H2,1-5H3/t23-/m0/s1. The normalized spacial score (nSPS) is 15.5. The predicted octanol–water partition coefficient (Wildman–Crippen LogP) is 6.06. The summed E-state index contributed by atoms with van der Waals surface area (Å²) >= 11 is 0. The SMILES string of the molecule is COc1ccc([C@@H]2CC(=O)c3c(cc(O)c(CC=C(C)CCC=C(C)C)c3O)O2)cc1OC. The molecule has 33 heavy (non-hydrogen) atoms. The molecule has 1 atom stereocenters. The van der Waals surface area contributed by atoms with Crippen LogP contribution in [0.5, 0.6) is 28.7 Å². The van der Waals surface area contributed by atoms with Gasteiger partial charge in [0, 0.05) is 11.6 Å². The van der Waals surface area contributed by atoms with Gasteiger partial charge in [0.15, 0.2) is 17.3 Å². The van der Waals surface area contributed by atoms with Gasteiger partial charge in [-0.2, -0.15) is 0 Å². The Labute approximate surface area is 195 Å². The van der Waals surface area contributed by atoms with Crippen LogP contribution in [0.15, 0.2) is 47.6 Å². The lowest BCUT2D eigenvalue weighted by atomic mass is 9.92. The Balaban J connectivity index is 1.84. The second-order valence-electron chi connectivity index (χ2n) is 8.52. The molecule has 1 heterocycles. The number of carbonyl (C=O) groups excluding carboxylic acids is 1. The number of phenols is 2. The number of rotatable bonds is 8. The summed E-state index contributed by atoms with van der Waals surface area (Å²) < 4.78 is 16.6. The second-order valence-corrected chi connectivity index (χ2v) is 8.52. The maximum absolute atomic E-state index is 13.0. The van der Waals surface area contributed by atoms with E-state index in [0.717, 1.165) is 24.0 Å². The van der Waals surface area contributed by atoms with Crippen molar-refractivity contribution in [2.75, 3.05) is 14.2 Å². The zero-order valence-electron chi connectivity index (χ0n) is 19.9. The van der Waals surface area contributed by atoms with Crippen LogP contribution in [0.2, 0.25) is 0 Å². The molecule has 1 aliphatic heterocycles. The molecule has 6 heteroatoms. The maximum atomic E-state index is 13.0. The lowest BCUT2D eigenvalue weighted by Gasteiger charge is -2.27. The number of benzene rings is 2. The molecule has 0 saturated heterocycles. The molecule has 0 spiro atoms. The molecule has 0 amide bonds. The Morgan fingerprint density at radius 3 is 2.48 bits per heavy atom. The molecule has 0 saturated carbocycles. The minimum atomic E-state index is -0.563. The van der Waals surface area contributed by atoms with Gasteiger partial charge in [-0.25, -0.2) is 0 Å². The Bertz CT molecular complexity index is 1090. The van der Waals surface area contributed by atoms with Crippen LogP contribution in [-0.2, 0) is 6.42 Å². The van der Waals surface area contributed by atoms with Crippen LogP contribution < -0.4 is 14.2 Å². The number of ether oxygens (including phenoxy) is 3. The molecule has 0 radical (unpaired) electrons. The van der Waals surface area contributed by atoms with Gasteiger partial charge in [-0.3, -0.25) is 4.79 Å². The van der Waals surface area contributed by atoms with E-state index < -0.39 is 6.10 Å². The van der Waals surface area contributed by atoms with E-state index in [-0.39, 0.29) is 35.0 Å². The topological polar surface area (TPSA) is 85.2 Å². The lowest BCUT2D eigenvalue weighted by Crippen LogP contribution is -2.21. The quantitative estimate of drug-likeness (QED) is 0.474. The average molecular weight is 453 g/mol. The highest BCUT2D eigenvalue weighted by molar-refractivity contribution is 6.03. The van der Waals surface area contributed by atoms with E-state index in [1.54, 1.807) is 32.4 Å². The van der Waals surface area contributed by atoms with Crippen molar-refractivity contribution >= 4 is 5.78 Å². The monoisotopic (exact) mass is 452 g/mol. The molecule has 176 valence electrons. The van der Waals surface area contributed by atoms with Crippen molar-refractivity contribution < 1.29 is 29.2 Å². The number of fused-ring (bicyclic) bond motifs is 1. The molecule has 0 fully saturated rings. The third-order valence-electron chi connectivity index (χ3n) is 5.79. The van der Waals surface area contributed by atoms with E-state index in [0.29, 0.717) is 23.5 Å². The largest absolute Gasteiger partial charge is 0.507 e. The number of allylic oxidation sites excluding steroid dienone is 4. The first-order chi connectivity index (χ1) is 15.7. The van der Waals surface area contributed by atoms with E-state index in [4.69, 9.17) is 14.2 Å². The van der Waals surface area contributed by atoms with Crippen LogP contribution in [0.25, 0.3) is 0 Å². The van der Waals surface area contributed by atoms with E-state index in [9.17, 15) is 15.0 Å². The Morgan fingerprint density at radius 2 is 1.82 bits per heavy atom. The van der Waals surface area contributed by atoms with Crippen LogP contribution in [-0.4, -0.2) is 30.2 Å². The zero-order valence-corrected chi connectivity index (χ0v) is 19.9. The van der Waals surface area contributed by atoms with Crippen LogP contribution in [0.1, 0.15) is 67.6 Å². The smallest absolute Gasteiger partial charge is 0.174 e. The molecule has 0 bridgehead atoms. The van der Waals surface area contributed by atoms with Crippen molar-refractivity contribution in [2.45, 2.75) is 52.6 Å². The van der Waals surface area contributed by atoms with Gasteiger partial charge in [-0.1, -0.05) is 29.4 Å². The highest BCUT2D eigenvalue weighted by Gasteiger charge is 2.33. The molecule has 1 aliphatic rings. The van der Waals surface area contributed by atoms with Crippen LogP contribution in [0.4, 0.5) is 0 Å². The molecule has 2 aromatic carbocycles. The molecular weight excluding hydrogens is 420 g/mol. The minimum absolute atomic E-state index is 0.0673. The second kappa shape index (κ2) is 10.5. The number of hydrogen-bond donors (Lipinski definition) is 2. The van der Waals surface area contributed by atoms with Gasteiger partial charge in [-0.05, 0) is 57.7 Å². The molecular formula is C27H32O6. The van der Waals surface area contributed by atoms with Gasteiger partial charge in [-0.15, -0.1) is 0 Å². The summed E-state index contributed by atoms with van der Waals surface area (Å²) in [6, 6.07) is 6.74. The summed E-state index contributed by atoms with van der Waals surface area (Å²) in [5, 5.41) is 21.4. The molecule has 2 aromatic rings. The van der Waals surface area contributed by atoms with Crippen LogP contribution in [0.3, 0.4) is 0 Å². The van der Waals surface area contributed by atoms with E-state index in [2.05, 4.69) is 19.9 Å². The zero-order chi connectivity index (χ0) is 24.1. The first kappa shape index (κ1) is 24.2. The van der Waals surface area contributed by atoms with Crippen molar-refractivity contribution in [1.29, 1.82) is 0 Å². The van der Waals surface area contributed by atoms with Gasteiger partial charge in [0.25, 0.3) is 0 Å².